The predicted octanol–water partition coefficient (Wildman–Crippen LogP) is 3.00. The van der Waals surface area contributed by atoms with Crippen molar-refractivity contribution in [3.05, 3.63) is 58.3 Å². The number of halogens is 1. The van der Waals surface area contributed by atoms with Crippen molar-refractivity contribution in [3.8, 4) is 5.75 Å². The number of phenolic OH excluding ortho intramolecular Hbond substituents is 1. The molecule has 2 aromatic rings. The third kappa shape index (κ3) is 3.09. The Morgan fingerprint density at radius 3 is 2.50 bits per heavy atom. The molecule has 1 unspecified atom stereocenters. The Morgan fingerprint density at radius 2 is 1.89 bits per heavy atom. The molecule has 3 nitrogen and oxygen atoms in total. The maximum absolute atomic E-state index is 10.5. The number of rotatable bonds is 3. The van der Waals surface area contributed by atoms with E-state index in [2.05, 4.69) is 20.9 Å². The van der Waals surface area contributed by atoms with Crippen molar-refractivity contribution in [1.29, 1.82) is 0 Å². The van der Waals surface area contributed by atoms with Crippen molar-refractivity contribution in [2.75, 3.05) is 0 Å². The maximum atomic E-state index is 10.5. The Labute approximate surface area is 114 Å². The Balaban J connectivity index is 2.23. The molecule has 2 N–H and O–H groups in total. The molecule has 1 aromatic carbocycles. The van der Waals surface area contributed by atoms with Crippen LogP contribution >= 0.6 is 15.9 Å². The van der Waals surface area contributed by atoms with Crippen LogP contribution in [0.2, 0.25) is 0 Å². The summed E-state index contributed by atoms with van der Waals surface area (Å²) in [6, 6.07) is 8.52. The minimum Gasteiger partial charge on any atom is -0.508 e. The second-order valence-corrected chi connectivity index (χ2v) is 5.42. The van der Waals surface area contributed by atoms with Crippen molar-refractivity contribution in [2.24, 2.45) is 0 Å². The SMILES string of the molecule is CC(O)(Cc1cncc(Br)c1)c1ccc(O)cc1. The Hall–Kier alpha value is -1.39. The third-order valence-corrected chi connectivity index (χ3v) is 3.23. The summed E-state index contributed by atoms with van der Waals surface area (Å²) in [5.41, 5.74) is 0.721. The quantitative estimate of drug-likeness (QED) is 0.916. The number of aromatic nitrogens is 1. The van der Waals surface area contributed by atoms with Crippen molar-refractivity contribution in [3.63, 3.8) is 0 Å². The fourth-order valence-electron chi connectivity index (χ4n) is 1.87. The van der Waals surface area contributed by atoms with Gasteiger partial charge in [0, 0.05) is 23.3 Å². The molecule has 1 aromatic heterocycles. The van der Waals surface area contributed by atoms with Gasteiger partial charge in [0.2, 0.25) is 0 Å². The zero-order valence-corrected chi connectivity index (χ0v) is 11.6. The van der Waals surface area contributed by atoms with Crippen LogP contribution in [0.3, 0.4) is 0 Å². The highest BCUT2D eigenvalue weighted by Crippen LogP contribution is 2.27. The zero-order chi connectivity index (χ0) is 13.2. The molecule has 0 aliphatic heterocycles. The van der Waals surface area contributed by atoms with Gasteiger partial charge in [0.25, 0.3) is 0 Å². The van der Waals surface area contributed by atoms with Gasteiger partial charge in [0.15, 0.2) is 0 Å². The lowest BCUT2D eigenvalue weighted by atomic mass is 9.89. The van der Waals surface area contributed by atoms with Gasteiger partial charge >= 0.3 is 0 Å². The predicted molar refractivity (Wildman–Crippen MR) is 73.3 cm³/mol. The van der Waals surface area contributed by atoms with Crippen LogP contribution in [0.25, 0.3) is 0 Å². The second kappa shape index (κ2) is 5.08. The molecule has 1 heterocycles. The fourth-order valence-corrected chi connectivity index (χ4v) is 2.28. The number of pyridine rings is 1. The number of hydrogen-bond acceptors (Lipinski definition) is 3. The second-order valence-electron chi connectivity index (χ2n) is 4.51. The number of hydrogen-bond donors (Lipinski definition) is 2. The molecule has 0 radical (unpaired) electrons. The summed E-state index contributed by atoms with van der Waals surface area (Å²) in [5, 5.41) is 19.7. The van der Waals surface area contributed by atoms with Gasteiger partial charge in [-0.05, 0) is 52.2 Å². The molecular formula is C14H14BrNO2. The summed E-state index contributed by atoms with van der Waals surface area (Å²) >= 11 is 3.36. The van der Waals surface area contributed by atoms with E-state index in [9.17, 15) is 10.2 Å². The van der Waals surface area contributed by atoms with Crippen LogP contribution in [0.4, 0.5) is 0 Å². The molecule has 94 valence electrons. The molecule has 2 rings (SSSR count). The van der Waals surface area contributed by atoms with Gasteiger partial charge in [0.1, 0.15) is 5.75 Å². The monoisotopic (exact) mass is 307 g/mol. The molecule has 4 heteroatoms. The van der Waals surface area contributed by atoms with Crippen LogP contribution in [0.1, 0.15) is 18.1 Å². The smallest absolute Gasteiger partial charge is 0.115 e. The number of nitrogens with zero attached hydrogens (tertiary/aromatic N) is 1. The Morgan fingerprint density at radius 1 is 1.22 bits per heavy atom. The number of phenols is 1. The van der Waals surface area contributed by atoms with Crippen LogP contribution in [-0.2, 0) is 12.0 Å². The summed E-state index contributed by atoms with van der Waals surface area (Å²) in [6.07, 6.45) is 3.91. The van der Waals surface area contributed by atoms with Crippen LogP contribution in [0.5, 0.6) is 5.75 Å². The molecule has 0 aliphatic rings. The summed E-state index contributed by atoms with van der Waals surface area (Å²) in [5.74, 6) is 0.193. The van der Waals surface area contributed by atoms with Gasteiger partial charge in [-0.15, -0.1) is 0 Å². The van der Waals surface area contributed by atoms with E-state index in [1.807, 2.05) is 6.07 Å². The van der Waals surface area contributed by atoms with Crippen molar-refractivity contribution in [1.82, 2.24) is 4.98 Å². The van der Waals surface area contributed by atoms with Crippen molar-refractivity contribution >= 4 is 15.9 Å². The number of benzene rings is 1. The molecule has 0 aliphatic carbocycles. The average Bonchev–Trinajstić information content (AvgIpc) is 2.29. The van der Waals surface area contributed by atoms with E-state index in [-0.39, 0.29) is 5.75 Å². The summed E-state index contributed by atoms with van der Waals surface area (Å²) in [6.45, 7) is 1.75. The topological polar surface area (TPSA) is 53.4 Å². The van der Waals surface area contributed by atoms with Gasteiger partial charge in [0.05, 0.1) is 5.60 Å². The van der Waals surface area contributed by atoms with E-state index in [1.165, 1.54) is 0 Å². The third-order valence-electron chi connectivity index (χ3n) is 2.80. The lowest BCUT2D eigenvalue weighted by molar-refractivity contribution is 0.0575. The summed E-state index contributed by atoms with van der Waals surface area (Å²) in [4.78, 5) is 4.08. The first-order valence-electron chi connectivity index (χ1n) is 5.59. The fraction of sp³-hybridized carbons (Fsp3) is 0.214. The highest BCUT2D eigenvalue weighted by atomic mass is 79.9. The van der Waals surface area contributed by atoms with E-state index < -0.39 is 5.60 Å². The van der Waals surface area contributed by atoms with Crippen molar-refractivity contribution in [2.45, 2.75) is 18.9 Å². The largest absolute Gasteiger partial charge is 0.508 e. The van der Waals surface area contributed by atoms with E-state index in [0.717, 1.165) is 15.6 Å². The Kier molecular flexibility index (Phi) is 3.68. The van der Waals surface area contributed by atoms with Gasteiger partial charge in [-0.25, -0.2) is 0 Å². The summed E-state index contributed by atoms with van der Waals surface area (Å²) in [7, 11) is 0. The zero-order valence-electron chi connectivity index (χ0n) is 9.97. The van der Waals surface area contributed by atoms with Crippen molar-refractivity contribution < 1.29 is 10.2 Å². The molecular weight excluding hydrogens is 294 g/mol. The minimum absolute atomic E-state index is 0.193. The van der Waals surface area contributed by atoms with E-state index in [4.69, 9.17) is 0 Å². The maximum Gasteiger partial charge on any atom is 0.115 e. The van der Waals surface area contributed by atoms with Crippen LogP contribution in [0, 0.1) is 0 Å². The number of aliphatic hydroxyl groups is 1. The molecule has 18 heavy (non-hydrogen) atoms. The number of aromatic hydroxyl groups is 1. The van der Waals surface area contributed by atoms with E-state index >= 15 is 0 Å². The van der Waals surface area contributed by atoms with Crippen LogP contribution < -0.4 is 0 Å². The van der Waals surface area contributed by atoms with Gasteiger partial charge in [-0.2, -0.15) is 0 Å². The highest BCUT2D eigenvalue weighted by Gasteiger charge is 2.23. The first-order chi connectivity index (χ1) is 8.47. The van der Waals surface area contributed by atoms with Crippen LogP contribution in [0.15, 0.2) is 47.2 Å². The van der Waals surface area contributed by atoms with E-state index in [1.54, 1.807) is 43.6 Å². The molecule has 0 saturated carbocycles. The minimum atomic E-state index is -0.990. The normalized spacial score (nSPS) is 14.2. The molecule has 0 bridgehead atoms. The lowest BCUT2D eigenvalue weighted by Gasteiger charge is -2.24. The molecule has 0 saturated heterocycles. The van der Waals surface area contributed by atoms with Gasteiger partial charge in [-0.1, -0.05) is 12.1 Å². The first kappa shape index (κ1) is 13.1. The molecule has 1 atom stereocenters. The Bertz CT molecular complexity index is 538. The van der Waals surface area contributed by atoms with Gasteiger partial charge in [-0.3, -0.25) is 4.98 Å². The van der Waals surface area contributed by atoms with E-state index in [0.29, 0.717) is 6.42 Å². The van der Waals surface area contributed by atoms with Gasteiger partial charge < -0.3 is 10.2 Å². The summed E-state index contributed by atoms with van der Waals surface area (Å²) < 4.78 is 0.890. The standard InChI is InChI=1S/C14H14BrNO2/c1-14(18,11-2-4-13(17)5-3-11)7-10-6-12(15)9-16-8-10/h2-6,8-9,17-18H,7H2,1H3. The highest BCUT2D eigenvalue weighted by molar-refractivity contribution is 9.10. The molecule has 0 amide bonds. The average molecular weight is 308 g/mol. The first-order valence-corrected chi connectivity index (χ1v) is 6.38. The molecule has 0 fully saturated rings. The molecule has 0 spiro atoms. The lowest BCUT2D eigenvalue weighted by Crippen LogP contribution is -2.24. The van der Waals surface area contributed by atoms with Crippen LogP contribution in [-0.4, -0.2) is 15.2 Å².